The van der Waals surface area contributed by atoms with Crippen LogP contribution in [0.4, 0.5) is 0 Å². The van der Waals surface area contributed by atoms with Gasteiger partial charge in [0.1, 0.15) is 6.33 Å². The van der Waals surface area contributed by atoms with E-state index in [0.29, 0.717) is 36.0 Å². The van der Waals surface area contributed by atoms with Gasteiger partial charge in [0.15, 0.2) is 0 Å². The maximum absolute atomic E-state index is 13.8. The van der Waals surface area contributed by atoms with E-state index in [2.05, 4.69) is 20.8 Å². The number of nitrogens with zero attached hydrogens (tertiary/aromatic N) is 5. The number of aryl methyl sites for hydroxylation is 1. The molecular weight excluding hydrogens is 539 g/mol. The quantitative estimate of drug-likeness (QED) is 0.305. The molecule has 1 aliphatic rings. The van der Waals surface area contributed by atoms with Crippen LogP contribution in [-0.4, -0.2) is 41.8 Å². The van der Waals surface area contributed by atoms with Crippen molar-refractivity contribution in [1.82, 2.24) is 30.1 Å². The van der Waals surface area contributed by atoms with Crippen molar-refractivity contribution in [1.29, 1.82) is 0 Å². The maximum atomic E-state index is 13.8. The molecule has 0 saturated heterocycles. The Morgan fingerprint density at radius 3 is 2.44 bits per heavy atom. The number of rotatable bonds is 5. The fraction of sp³-hybridized carbons (Fsp3) is 0.179. The molecule has 39 heavy (non-hydrogen) atoms. The number of fused-ring (bicyclic) bond motifs is 3. The third-order valence-electron chi connectivity index (χ3n) is 7.30. The molecule has 0 fully saturated rings. The Bertz CT molecular complexity index is 1730. The highest BCUT2D eigenvalue weighted by molar-refractivity contribution is 6.40. The maximum Gasteiger partial charge on any atom is 0.338 e. The molecule has 0 saturated carbocycles. The smallest absolute Gasteiger partial charge is 0.338 e. The van der Waals surface area contributed by atoms with E-state index in [4.69, 9.17) is 23.2 Å². The molecule has 0 unspecified atom stereocenters. The number of carbonyl (C=O) groups is 2. The van der Waals surface area contributed by atoms with Crippen LogP contribution in [-0.2, 0) is 18.5 Å². The first-order valence-corrected chi connectivity index (χ1v) is 13.0. The molecule has 3 heterocycles. The third kappa shape index (κ3) is 4.24. The average Bonchev–Trinajstić information content (AvgIpc) is 3.55. The molecule has 6 rings (SSSR count). The number of aromatic nitrogens is 5. The SMILES string of the molecule is Cc1ccc2c(c1)c(C(=O)O)c1n2C[C@@](NC(=O)c2c(Cl)cc(-n3cnnn3)cc2Cl)(c2ccccc2)CC1. The van der Waals surface area contributed by atoms with Gasteiger partial charge in [-0.25, -0.2) is 9.48 Å². The standard InChI is InChI=1S/C28H22Cl2N6O3/c1-16-7-8-22-19(11-16)24(27(38)39)23-9-10-28(14-35(22)23,17-5-3-2-4-6-17)32-26(37)25-20(29)12-18(13-21(25)30)36-15-31-33-34-36/h2-8,11-13,15H,9-10,14H2,1H3,(H,32,37)(H,38,39)/t28-/m1/s1. The zero-order valence-corrected chi connectivity index (χ0v) is 22.2. The summed E-state index contributed by atoms with van der Waals surface area (Å²) in [6, 6.07) is 18.6. The Balaban J connectivity index is 1.45. The van der Waals surface area contributed by atoms with Crippen molar-refractivity contribution in [3.8, 4) is 5.69 Å². The van der Waals surface area contributed by atoms with Crippen LogP contribution >= 0.6 is 23.2 Å². The largest absolute Gasteiger partial charge is 0.478 e. The zero-order chi connectivity index (χ0) is 27.3. The van der Waals surface area contributed by atoms with Crippen LogP contribution in [0, 0.1) is 6.92 Å². The molecule has 0 aliphatic carbocycles. The van der Waals surface area contributed by atoms with Gasteiger partial charge in [-0.1, -0.05) is 65.2 Å². The lowest BCUT2D eigenvalue weighted by molar-refractivity contribution is 0.0693. The van der Waals surface area contributed by atoms with E-state index in [1.165, 1.54) is 11.0 Å². The number of carboxylic acids is 1. The van der Waals surface area contributed by atoms with Gasteiger partial charge in [-0.2, -0.15) is 0 Å². The van der Waals surface area contributed by atoms with Crippen LogP contribution in [0.3, 0.4) is 0 Å². The summed E-state index contributed by atoms with van der Waals surface area (Å²) < 4.78 is 3.41. The summed E-state index contributed by atoms with van der Waals surface area (Å²) in [5.41, 5.74) is 3.54. The predicted octanol–water partition coefficient (Wildman–Crippen LogP) is 5.20. The van der Waals surface area contributed by atoms with Crippen molar-refractivity contribution in [2.45, 2.75) is 31.8 Å². The highest BCUT2D eigenvalue weighted by Crippen LogP contribution is 2.40. The monoisotopic (exact) mass is 560 g/mol. The molecule has 0 spiro atoms. The first-order chi connectivity index (χ1) is 18.8. The van der Waals surface area contributed by atoms with Gasteiger partial charge < -0.3 is 15.0 Å². The fourth-order valence-electron chi connectivity index (χ4n) is 5.52. The van der Waals surface area contributed by atoms with Crippen LogP contribution in [0.5, 0.6) is 0 Å². The molecule has 1 amide bonds. The van der Waals surface area contributed by atoms with Gasteiger partial charge in [-0.3, -0.25) is 4.79 Å². The predicted molar refractivity (Wildman–Crippen MR) is 147 cm³/mol. The fourth-order valence-corrected chi connectivity index (χ4v) is 6.16. The summed E-state index contributed by atoms with van der Waals surface area (Å²) in [4.78, 5) is 26.1. The van der Waals surface area contributed by atoms with Crippen molar-refractivity contribution in [2.24, 2.45) is 0 Å². The van der Waals surface area contributed by atoms with Crippen molar-refractivity contribution in [2.75, 3.05) is 0 Å². The summed E-state index contributed by atoms with van der Waals surface area (Å²) in [5.74, 6) is -1.40. The van der Waals surface area contributed by atoms with E-state index < -0.39 is 17.4 Å². The molecule has 1 atom stereocenters. The molecule has 11 heteroatoms. The van der Waals surface area contributed by atoms with Gasteiger partial charge in [-0.05, 0) is 60.0 Å². The van der Waals surface area contributed by atoms with Crippen LogP contribution in [0.15, 0.2) is 67.0 Å². The van der Waals surface area contributed by atoms with E-state index in [9.17, 15) is 14.7 Å². The van der Waals surface area contributed by atoms with E-state index in [1.807, 2.05) is 60.0 Å². The number of carbonyl (C=O) groups excluding carboxylic acids is 1. The lowest BCUT2D eigenvalue weighted by Crippen LogP contribution is -2.51. The van der Waals surface area contributed by atoms with Crippen LogP contribution in [0.1, 0.15) is 44.0 Å². The van der Waals surface area contributed by atoms with Gasteiger partial charge in [0.05, 0.1) is 38.9 Å². The topological polar surface area (TPSA) is 115 Å². The summed E-state index contributed by atoms with van der Waals surface area (Å²) in [6.45, 7) is 2.28. The molecule has 2 N–H and O–H groups in total. The van der Waals surface area contributed by atoms with Gasteiger partial charge in [-0.15, -0.1) is 5.10 Å². The summed E-state index contributed by atoms with van der Waals surface area (Å²) in [7, 11) is 0. The van der Waals surface area contributed by atoms with Crippen LogP contribution in [0.2, 0.25) is 10.0 Å². The van der Waals surface area contributed by atoms with Gasteiger partial charge >= 0.3 is 5.97 Å². The van der Waals surface area contributed by atoms with E-state index >= 15 is 0 Å². The lowest BCUT2D eigenvalue weighted by atomic mass is 9.81. The highest BCUT2D eigenvalue weighted by atomic mass is 35.5. The number of hydrogen-bond acceptors (Lipinski definition) is 5. The Hall–Kier alpha value is -4.21. The Labute approximate surface area is 233 Å². The van der Waals surface area contributed by atoms with E-state index in [-0.39, 0.29) is 15.6 Å². The number of amides is 1. The molecular formula is C28H22Cl2N6O3. The van der Waals surface area contributed by atoms with E-state index in [0.717, 1.165) is 22.3 Å². The van der Waals surface area contributed by atoms with Crippen molar-refractivity contribution in [3.05, 3.63) is 105 Å². The minimum atomic E-state index is -0.961. The Kier molecular flexibility index (Phi) is 6.12. The van der Waals surface area contributed by atoms with Gasteiger partial charge in [0.25, 0.3) is 5.91 Å². The summed E-state index contributed by atoms with van der Waals surface area (Å²) >= 11 is 13.1. The second-order valence-corrected chi connectivity index (χ2v) is 10.5. The first kappa shape index (κ1) is 25.1. The molecule has 2 aromatic heterocycles. The average molecular weight is 561 g/mol. The minimum absolute atomic E-state index is 0.135. The zero-order valence-electron chi connectivity index (χ0n) is 20.7. The number of nitrogens with one attached hydrogen (secondary N) is 1. The Morgan fingerprint density at radius 1 is 1.03 bits per heavy atom. The molecule has 1 aliphatic heterocycles. The number of carboxylic acid groups (broad SMARTS) is 1. The molecule has 9 nitrogen and oxygen atoms in total. The molecule has 196 valence electrons. The number of tetrazole rings is 1. The highest BCUT2D eigenvalue weighted by Gasteiger charge is 2.41. The number of hydrogen-bond donors (Lipinski definition) is 2. The summed E-state index contributed by atoms with van der Waals surface area (Å²) in [5, 5.41) is 25.4. The van der Waals surface area contributed by atoms with Crippen molar-refractivity contribution < 1.29 is 14.7 Å². The van der Waals surface area contributed by atoms with Gasteiger partial charge in [0.2, 0.25) is 0 Å². The van der Waals surface area contributed by atoms with Gasteiger partial charge in [0, 0.05) is 16.6 Å². The minimum Gasteiger partial charge on any atom is -0.478 e. The molecule has 3 aromatic carbocycles. The van der Waals surface area contributed by atoms with Crippen LogP contribution < -0.4 is 5.32 Å². The second-order valence-electron chi connectivity index (χ2n) is 9.67. The van der Waals surface area contributed by atoms with Crippen molar-refractivity contribution in [3.63, 3.8) is 0 Å². The lowest BCUT2D eigenvalue weighted by Gasteiger charge is -2.40. The normalized spacial score (nSPS) is 16.7. The number of halogens is 2. The summed E-state index contributed by atoms with van der Waals surface area (Å²) in [6.07, 6.45) is 2.33. The molecule has 5 aromatic rings. The first-order valence-electron chi connectivity index (χ1n) is 12.2. The van der Waals surface area contributed by atoms with E-state index in [1.54, 1.807) is 12.1 Å². The number of aromatic carboxylic acids is 1. The van der Waals surface area contributed by atoms with Crippen LogP contribution in [0.25, 0.3) is 16.6 Å². The Morgan fingerprint density at radius 2 is 1.77 bits per heavy atom. The van der Waals surface area contributed by atoms with Crippen molar-refractivity contribution >= 4 is 46.0 Å². The number of benzene rings is 3. The third-order valence-corrected chi connectivity index (χ3v) is 7.90. The molecule has 0 bridgehead atoms. The molecule has 0 radical (unpaired) electrons. The second kappa shape index (κ2) is 9.52.